The van der Waals surface area contributed by atoms with E-state index in [2.05, 4.69) is 39.5 Å². The number of carbonyl (C=O) groups excluding carboxylic acids is 2. The monoisotopic (exact) mass is 425 g/mol. The van der Waals surface area contributed by atoms with Crippen molar-refractivity contribution >= 4 is 34.9 Å². The molecular weight excluding hydrogens is 402 g/mol. The molecular formula is C23H24ClN3O3. The average molecular weight is 426 g/mol. The highest BCUT2D eigenvalue weighted by Gasteiger charge is 2.35. The third kappa shape index (κ3) is 4.05. The second-order valence-corrected chi connectivity index (χ2v) is 7.80. The SMILES string of the molecule is CCOC(=O)C1=C(NCCN2CCCc3ccccc32)C2C=CC(Cl)=CC2=NC1=O. The Balaban J connectivity index is 1.55. The van der Waals surface area contributed by atoms with E-state index in [-0.39, 0.29) is 18.1 Å². The molecule has 2 aliphatic heterocycles. The minimum Gasteiger partial charge on any atom is -0.462 e. The lowest BCUT2D eigenvalue weighted by atomic mass is 9.89. The van der Waals surface area contributed by atoms with E-state index in [0.29, 0.717) is 23.0 Å². The summed E-state index contributed by atoms with van der Waals surface area (Å²) in [6.07, 6.45) is 7.47. The maximum atomic E-state index is 12.6. The van der Waals surface area contributed by atoms with E-state index in [9.17, 15) is 9.59 Å². The number of halogens is 1. The molecule has 2 heterocycles. The van der Waals surface area contributed by atoms with Gasteiger partial charge in [0.1, 0.15) is 5.57 Å². The molecule has 0 saturated carbocycles. The quantitative estimate of drug-likeness (QED) is 0.560. The lowest BCUT2D eigenvalue weighted by Crippen LogP contribution is -2.40. The Morgan fingerprint density at radius 2 is 2.20 bits per heavy atom. The van der Waals surface area contributed by atoms with E-state index in [1.54, 1.807) is 19.1 Å². The van der Waals surface area contributed by atoms with Gasteiger partial charge in [-0.15, -0.1) is 0 Å². The van der Waals surface area contributed by atoms with Crippen molar-refractivity contribution in [2.24, 2.45) is 10.9 Å². The molecule has 0 bridgehead atoms. The number of para-hydroxylation sites is 1. The van der Waals surface area contributed by atoms with Crippen molar-refractivity contribution in [3.63, 3.8) is 0 Å². The van der Waals surface area contributed by atoms with Gasteiger partial charge in [-0.1, -0.05) is 35.9 Å². The van der Waals surface area contributed by atoms with E-state index >= 15 is 0 Å². The summed E-state index contributed by atoms with van der Waals surface area (Å²) in [4.78, 5) is 31.5. The van der Waals surface area contributed by atoms with Gasteiger partial charge in [-0.3, -0.25) is 4.79 Å². The Hall–Kier alpha value is -2.86. The molecule has 1 unspecified atom stereocenters. The van der Waals surface area contributed by atoms with Crippen LogP contribution >= 0.6 is 11.6 Å². The molecule has 7 heteroatoms. The third-order valence-corrected chi connectivity index (χ3v) is 5.70. The molecule has 1 amide bonds. The number of aliphatic imine (C=N–C) groups is 1. The number of fused-ring (bicyclic) bond motifs is 2. The van der Waals surface area contributed by atoms with Crippen LogP contribution in [0.15, 0.2) is 63.8 Å². The number of benzene rings is 1. The Morgan fingerprint density at radius 3 is 3.03 bits per heavy atom. The van der Waals surface area contributed by atoms with Gasteiger partial charge in [0.15, 0.2) is 0 Å². The molecule has 0 aromatic heterocycles. The Kier molecular flexibility index (Phi) is 6.04. The topological polar surface area (TPSA) is 71.0 Å². The van der Waals surface area contributed by atoms with Gasteiger partial charge in [0, 0.05) is 36.1 Å². The number of rotatable bonds is 6. The number of nitrogens with one attached hydrogen (secondary N) is 1. The fraction of sp³-hybridized carbons (Fsp3) is 0.348. The molecule has 156 valence electrons. The molecule has 0 fully saturated rings. The summed E-state index contributed by atoms with van der Waals surface area (Å²) in [7, 11) is 0. The minimum absolute atomic E-state index is 0.0271. The minimum atomic E-state index is -0.648. The van der Waals surface area contributed by atoms with E-state index in [1.807, 2.05) is 6.08 Å². The first-order chi connectivity index (χ1) is 14.6. The summed E-state index contributed by atoms with van der Waals surface area (Å²) in [5.74, 6) is -1.56. The van der Waals surface area contributed by atoms with Crippen LogP contribution in [0.3, 0.4) is 0 Å². The molecule has 6 nitrogen and oxygen atoms in total. The zero-order valence-electron chi connectivity index (χ0n) is 16.9. The van der Waals surface area contributed by atoms with Crippen LogP contribution in [0.25, 0.3) is 0 Å². The Morgan fingerprint density at radius 1 is 1.37 bits per heavy atom. The number of hydrogen-bond donors (Lipinski definition) is 1. The highest BCUT2D eigenvalue weighted by atomic mass is 35.5. The first-order valence-corrected chi connectivity index (χ1v) is 10.6. The van der Waals surface area contributed by atoms with Crippen molar-refractivity contribution in [2.45, 2.75) is 19.8 Å². The van der Waals surface area contributed by atoms with Crippen molar-refractivity contribution in [3.05, 3.63) is 64.4 Å². The van der Waals surface area contributed by atoms with E-state index in [1.165, 1.54) is 11.3 Å². The van der Waals surface area contributed by atoms with Gasteiger partial charge in [0.05, 0.1) is 18.2 Å². The van der Waals surface area contributed by atoms with E-state index in [4.69, 9.17) is 16.3 Å². The first-order valence-electron chi connectivity index (χ1n) is 10.2. The summed E-state index contributed by atoms with van der Waals surface area (Å²) in [6, 6.07) is 8.43. The molecule has 1 aliphatic carbocycles. The number of nitrogens with zero attached hydrogens (tertiary/aromatic N) is 2. The van der Waals surface area contributed by atoms with Crippen LogP contribution in [0.4, 0.5) is 5.69 Å². The van der Waals surface area contributed by atoms with Crippen LogP contribution in [-0.2, 0) is 20.7 Å². The highest BCUT2D eigenvalue weighted by Crippen LogP contribution is 2.30. The van der Waals surface area contributed by atoms with Crippen LogP contribution in [-0.4, -0.2) is 43.8 Å². The third-order valence-electron chi connectivity index (χ3n) is 5.46. The van der Waals surface area contributed by atoms with Gasteiger partial charge in [0.25, 0.3) is 5.91 Å². The van der Waals surface area contributed by atoms with Gasteiger partial charge in [-0.25, -0.2) is 9.79 Å². The van der Waals surface area contributed by atoms with Gasteiger partial charge in [-0.05, 0) is 43.5 Å². The fourth-order valence-corrected chi connectivity index (χ4v) is 4.31. The van der Waals surface area contributed by atoms with Gasteiger partial charge < -0.3 is 15.0 Å². The van der Waals surface area contributed by atoms with Crippen molar-refractivity contribution in [3.8, 4) is 0 Å². The Bertz CT molecular complexity index is 993. The molecule has 0 radical (unpaired) electrons. The lowest BCUT2D eigenvalue weighted by molar-refractivity contribution is -0.140. The number of esters is 1. The van der Waals surface area contributed by atoms with Crippen molar-refractivity contribution < 1.29 is 14.3 Å². The van der Waals surface area contributed by atoms with Gasteiger partial charge in [0.2, 0.25) is 0 Å². The largest absolute Gasteiger partial charge is 0.462 e. The zero-order chi connectivity index (χ0) is 21.1. The predicted molar refractivity (Wildman–Crippen MR) is 118 cm³/mol. The molecule has 1 aromatic carbocycles. The number of carbonyl (C=O) groups is 2. The van der Waals surface area contributed by atoms with Gasteiger partial charge >= 0.3 is 5.97 Å². The second-order valence-electron chi connectivity index (χ2n) is 7.36. The summed E-state index contributed by atoms with van der Waals surface area (Å²) in [5.41, 5.74) is 3.64. The number of ether oxygens (including phenoxy) is 1. The van der Waals surface area contributed by atoms with Crippen LogP contribution in [0, 0.1) is 5.92 Å². The van der Waals surface area contributed by atoms with Crippen LogP contribution in [0.2, 0.25) is 0 Å². The fourth-order valence-electron chi connectivity index (χ4n) is 4.12. The summed E-state index contributed by atoms with van der Waals surface area (Å²) in [5, 5.41) is 3.85. The number of anilines is 1. The van der Waals surface area contributed by atoms with Crippen molar-refractivity contribution in [2.75, 3.05) is 31.1 Å². The number of dihydropyridines is 1. The average Bonchev–Trinajstić information content (AvgIpc) is 2.73. The normalized spacial score (nSPS) is 20.3. The maximum Gasteiger partial charge on any atom is 0.345 e. The summed E-state index contributed by atoms with van der Waals surface area (Å²) < 4.78 is 5.12. The first kappa shape index (κ1) is 20.4. The number of hydrogen-bond acceptors (Lipinski definition) is 5. The highest BCUT2D eigenvalue weighted by molar-refractivity contribution is 6.34. The molecule has 0 saturated heterocycles. The molecule has 1 atom stereocenters. The van der Waals surface area contributed by atoms with Crippen LogP contribution < -0.4 is 10.2 Å². The molecule has 0 spiro atoms. The Labute approximate surface area is 180 Å². The number of amides is 1. The molecule has 1 N–H and O–H groups in total. The standard InChI is InChI=1S/C23H24ClN3O3/c1-2-30-23(29)20-21(17-10-9-16(24)14-18(17)26-22(20)28)25-11-13-27-12-5-7-15-6-3-4-8-19(15)27/h3-4,6,8-10,14,17,25H,2,5,7,11-13H2,1H3. The number of aryl methyl sites for hydroxylation is 1. The lowest BCUT2D eigenvalue weighted by Gasteiger charge is -2.32. The maximum absolute atomic E-state index is 12.6. The molecule has 30 heavy (non-hydrogen) atoms. The van der Waals surface area contributed by atoms with Crippen molar-refractivity contribution in [1.82, 2.24) is 5.32 Å². The smallest absolute Gasteiger partial charge is 0.345 e. The molecule has 4 rings (SSSR count). The predicted octanol–water partition coefficient (Wildman–Crippen LogP) is 3.14. The van der Waals surface area contributed by atoms with Crippen LogP contribution in [0.5, 0.6) is 0 Å². The molecule has 3 aliphatic rings. The zero-order valence-corrected chi connectivity index (χ0v) is 17.6. The van der Waals surface area contributed by atoms with E-state index in [0.717, 1.165) is 25.9 Å². The van der Waals surface area contributed by atoms with E-state index < -0.39 is 11.9 Å². The van der Waals surface area contributed by atoms with Crippen LogP contribution in [0.1, 0.15) is 18.9 Å². The summed E-state index contributed by atoms with van der Waals surface area (Å²) in [6.45, 7) is 4.22. The van der Waals surface area contributed by atoms with Crippen molar-refractivity contribution in [1.29, 1.82) is 0 Å². The second kappa shape index (κ2) is 8.88. The number of allylic oxidation sites excluding steroid dienone is 4. The van der Waals surface area contributed by atoms with Gasteiger partial charge in [-0.2, -0.15) is 0 Å². The molecule has 1 aromatic rings. The summed E-state index contributed by atoms with van der Waals surface area (Å²) >= 11 is 6.08.